The molecule has 0 aliphatic carbocycles. The van der Waals surface area contributed by atoms with Gasteiger partial charge in [0.1, 0.15) is 0 Å². The lowest BCUT2D eigenvalue weighted by atomic mass is 10.0. The Labute approximate surface area is 136 Å². The molecule has 0 spiro atoms. The van der Waals surface area contributed by atoms with Gasteiger partial charge in [0.05, 0.1) is 12.8 Å². The number of rotatable bonds is 1. The van der Waals surface area contributed by atoms with E-state index in [0.717, 1.165) is 6.26 Å². The van der Waals surface area contributed by atoms with Gasteiger partial charge in [0.15, 0.2) is 5.72 Å². The molecule has 1 saturated heterocycles. The summed E-state index contributed by atoms with van der Waals surface area (Å²) >= 11 is 0. The van der Waals surface area contributed by atoms with Crippen LogP contribution in [0, 0.1) is 0 Å². The zero-order valence-corrected chi connectivity index (χ0v) is 14.1. The van der Waals surface area contributed by atoms with Crippen LogP contribution in [0.15, 0.2) is 24.3 Å². The summed E-state index contributed by atoms with van der Waals surface area (Å²) in [6.07, 6.45) is 1.13. The maximum Gasteiger partial charge on any atom is 0.256 e. The van der Waals surface area contributed by atoms with Crippen molar-refractivity contribution in [2.75, 3.05) is 46.0 Å². The quantitative estimate of drug-likeness (QED) is 0.746. The standard InChI is InChI=1S/C15H21N3O4S/c1-16-7-9-17(23(2,21)22)11-15(20)13-6-4-3-5-12(13)14(19)18(15)10-8-16/h3-6,20H,7-11H2,1-2H3. The molecule has 1 aromatic rings. The number of sulfonamides is 1. The number of hydrogen-bond acceptors (Lipinski definition) is 5. The second-order valence-electron chi connectivity index (χ2n) is 6.22. The van der Waals surface area contributed by atoms with Gasteiger partial charge in [-0.25, -0.2) is 8.42 Å². The zero-order chi connectivity index (χ0) is 16.8. The summed E-state index contributed by atoms with van der Waals surface area (Å²) in [4.78, 5) is 16.0. The average Bonchev–Trinajstić information content (AvgIpc) is 2.72. The summed E-state index contributed by atoms with van der Waals surface area (Å²) in [6, 6.07) is 6.85. The number of benzene rings is 1. The van der Waals surface area contributed by atoms with Gasteiger partial charge in [0.2, 0.25) is 10.0 Å². The van der Waals surface area contributed by atoms with E-state index in [2.05, 4.69) is 0 Å². The fourth-order valence-corrected chi connectivity index (χ4v) is 4.04. The summed E-state index contributed by atoms with van der Waals surface area (Å²) in [7, 11) is -1.62. The van der Waals surface area contributed by atoms with Crippen molar-refractivity contribution in [3.8, 4) is 0 Å². The molecule has 1 fully saturated rings. The van der Waals surface area contributed by atoms with Gasteiger partial charge in [-0.2, -0.15) is 4.31 Å². The van der Waals surface area contributed by atoms with Crippen molar-refractivity contribution < 1.29 is 18.3 Å². The van der Waals surface area contributed by atoms with Crippen LogP contribution in [0.3, 0.4) is 0 Å². The summed E-state index contributed by atoms with van der Waals surface area (Å²) in [6.45, 7) is 1.59. The van der Waals surface area contributed by atoms with Crippen molar-refractivity contribution >= 4 is 15.9 Å². The van der Waals surface area contributed by atoms with Gasteiger partial charge in [0, 0.05) is 37.3 Å². The molecule has 1 unspecified atom stereocenters. The van der Waals surface area contributed by atoms with Crippen LogP contribution >= 0.6 is 0 Å². The molecule has 1 N–H and O–H groups in total. The van der Waals surface area contributed by atoms with Crippen molar-refractivity contribution in [2.45, 2.75) is 5.72 Å². The minimum atomic E-state index is -3.49. The highest BCUT2D eigenvalue weighted by molar-refractivity contribution is 7.88. The van der Waals surface area contributed by atoms with E-state index in [0.29, 0.717) is 30.8 Å². The first-order valence-corrected chi connectivity index (χ1v) is 9.36. The summed E-state index contributed by atoms with van der Waals surface area (Å²) in [5.74, 6) is -0.258. The first-order chi connectivity index (χ1) is 10.7. The van der Waals surface area contributed by atoms with Gasteiger partial charge in [-0.3, -0.25) is 4.79 Å². The molecule has 0 aromatic heterocycles. The van der Waals surface area contributed by atoms with Gasteiger partial charge in [-0.15, -0.1) is 0 Å². The number of carbonyl (C=O) groups is 1. The van der Waals surface area contributed by atoms with E-state index in [-0.39, 0.29) is 19.0 Å². The van der Waals surface area contributed by atoms with Crippen LogP contribution in [0.25, 0.3) is 0 Å². The largest absolute Gasteiger partial charge is 0.366 e. The minimum Gasteiger partial charge on any atom is -0.366 e. The lowest BCUT2D eigenvalue weighted by molar-refractivity contribution is -0.0910. The van der Waals surface area contributed by atoms with E-state index in [1.54, 1.807) is 24.3 Å². The van der Waals surface area contributed by atoms with E-state index in [9.17, 15) is 18.3 Å². The van der Waals surface area contributed by atoms with Crippen molar-refractivity contribution in [3.63, 3.8) is 0 Å². The molecule has 0 saturated carbocycles. The SMILES string of the molecule is CN1CCN2C(=O)c3ccccc3C2(O)CN(S(C)(=O)=O)CC1. The van der Waals surface area contributed by atoms with Crippen LogP contribution in [-0.2, 0) is 15.7 Å². The Bertz CT molecular complexity index is 736. The molecule has 1 aromatic carbocycles. The molecular weight excluding hydrogens is 318 g/mol. The Hall–Kier alpha value is -1.48. The van der Waals surface area contributed by atoms with E-state index < -0.39 is 15.7 Å². The zero-order valence-electron chi connectivity index (χ0n) is 13.3. The Morgan fingerprint density at radius 3 is 2.48 bits per heavy atom. The monoisotopic (exact) mass is 339 g/mol. The molecule has 23 heavy (non-hydrogen) atoms. The summed E-state index contributed by atoms with van der Waals surface area (Å²) < 4.78 is 25.4. The van der Waals surface area contributed by atoms with E-state index in [1.807, 2.05) is 11.9 Å². The van der Waals surface area contributed by atoms with Crippen LogP contribution in [0.5, 0.6) is 0 Å². The molecule has 3 rings (SSSR count). The number of hydrogen-bond donors (Lipinski definition) is 1. The third-order valence-electron chi connectivity index (χ3n) is 4.58. The van der Waals surface area contributed by atoms with Gasteiger partial charge >= 0.3 is 0 Å². The number of amides is 1. The lowest BCUT2D eigenvalue weighted by Gasteiger charge is -2.36. The smallest absolute Gasteiger partial charge is 0.256 e. The van der Waals surface area contributed by atoms with Crippen molar-refractivity contribution in [2.24, 2.45) is 0 Å². The predicted molar refractivity (Wildman–Crippen MR) is 85.3 cm³/mol. The predicted octanol–water partition coefficient (Wildman–Crippen LogP) is -0.505. The molecule has 2 aliphatic heterocycles. The fourth-order valence-electron chi connectivity index (χ4n) is 3.21. The molecule has 2 heterocycles. The average molecular weight is 339 g/mol. The highest BCUT2D eigenvalue weighted by atomic mass is 32.2. The third-order valence-corrected chi connectivity index (χ3v) is 5.83. The maximum atomic E-state index is 12.7. The van der Waals surface area contributed by atoms with E-state index >= 15 is 0 Å². The molecule has 0 radical (unpaired) electrons. The van der Waals surface area contributed by atoms with Crippen LogP contribution < -0.4 is 0 Å². The number of β-amino-alcohol motifs (C(OH)–C–C–N with tert-alkyl or cyclic N) is 1. The van der Waals surface area contributed by atoms with Crippen LogP contribution in [0.4, 0.5) is 0 Å². The number of nitrogens with zero attached hydrogens (tertiary/aromatic N) is 3. The van der Waals surface area contributed by atoms with Crippen LogP contribution in [0.2, 0.25) is 0 Å². The lowest BCUT2D eigenvalue weighted by Crippen LogP contribution is -2.53. The molecule has 1 amide bonds. The number of likely N-dealkylation sites (N-methyl/N-ethyl adjacent to an activating group) is 1. The van der Waals surface area contributed by atoms with Gasteiger partial charge in [-0.05, 0) is 13.1 Å². The molecule has 1 atom stereocenters. The van der Waals surface area contributed by atoms with Gasteiger partial charge in [0.25, 0.3) is 5.91 Å². The van der Waals surface area contributed by atoms with Crippen molar-refractivity contribution in [3.05, 3.63) is 35.4 Å². The molecular formula is C15H21N3O4S. The summed E-state index contributed by atoms with van der Waals surface area (Å²) in [5, 5.41) is 11.3. The van der Waals surface area contributed by atoms with E-state index in [1.165, 1.54) is 9.21 Å². The topological polar surface area (TPSA) is 81.2 Å². The van der Waals surface area contributed by atoms with Gasteiger partial charge in [-0.1, -0.05) is 18.2 Å². The second kappa shape index (κ2) is 5.55. The Morgan fingerprint density at radius 2 is 1.78 bits per heavy atom. The van der Waals surface area contributed by atoms with Crippen molar-refractivity contribution in [1.29, 1.82) is 0 Å². The van der Waals surface area contributed by atoms with E-state index in [4.69, 9.17) is 0 Å². The highest BCUT2D eigenvalue weighted by Crippen LogP contribution is 2.38. The van der Waals surface area contributed by atoms with Gasteiger partial charge < -0.3 is 14.9 Å². The highest BCUT2D eigenvalue weighted by Gasteiger charge is 2.50. The third kappa shape index (κ3) is 2.76. The first kappa shape index (κ1) is 16.4. The Kier molecular flexibility index (Phi) is 3.96. The fraction of sp³-hybridized carbons (Fsp3) is 0.533. The number of aliphatic hydroxyl groups is 1. The van der Waals surface area contributed by atoms with Crippen molar-refractivity contribution in [1.82, 2.24) is 14.1 Å². The van der Waals surface area contributed by atoms with Crippen LogP contribution in [0.1, 0.15) is 15.9 Å². The molecule has 0 bridgehead atoms. The molecule has 126 valence electrons. The Balaban J connectivity index is 2.10. The minimum absolute atomic E-state index is 0.150. The molecule has 7 nitrogen and oxygen atoms in total. The number of carbonyl (C=O) groups excluding carboxylic acids is 1. The maximum absolute atomic E-state index is 12.7. The van der Waals surface area contributed by atoms with Crippen LogP contribution in [-0.4, -0.2) is 79.6 Å². The molecule has 2 aliphatic rings. The second-order valence-corrected chi connectivity index (χ2v) is 8.20. The normalized spacial score (nSPS) is 27.1. The summed E-state index contributed by atoms with van der Waals surface area (Å²) in [5.41, 5.74) is -0.711. The first-order valence-electron chi connectivity index (χ1n) is 7.51. The molecule has 8 heteroatoms. The number of fused-ring (bicyclic) bond motifs is 3. The Morgan fingerprint density at radius 1 is 1.13 bits per heavy atom.